The molecule has 5 rings (SSSR count). The highest BCUT2D eigenvalue weighted by atomic mass is 35.5. The number of aromatic nitrogens is 4. The molecular weight excluding hydrogens is 464 g/mol. The molecule has 5 aromatic rings. The van der Waals surface area contributed by atoms with Gasteiger partial charge in [-0.15, -0.1) is 0 Å². The molecule has 0 atom stereocenters. The van der Waals surface area contributed by atoms with Gasteiger partial charge >= 0.3 is 0 Å². The predicted molar refractivity (Wildman–Crippen MR) is 134 cm³/mol. The van der Waals surface area contributed by atoms with E-state index in [0.717, 1.165) is 16.7 Å². The lowest BCUT2D eigenvalue weighted by atomic mass is 10.1. The van der Waals surface area contributed by atoms with Gasteiger partial charge in [-0.1, -0.05) is 46.9 Å². The maximum absolute atomic E-state index is 13.5. The Labute approximate surface area is 205 Å². The number of hydrogen-bond donors (Lipinski definition) is 2. The highest BCUT2D eigenvalue weighted by Crippen LogP contribution is 2.18. The van der Waals surface area contributed by atoms with E-state index in [1.54, 1.807) is 35.3 Å². The van der Waals surface area contributed by atoms with Gasteiger partial charge < -0.3 is 11.1 Å². The number of benzene rings is 1. The molecule has 0 fully saturated rings. The van der Waals surface area contributed by atoms with Crippen LogP contribution in [0.4, 0.5) is 5.82 Å². The molecule has 0 bridgehead atoms. The number of carbonyl (C=O) groups is 1. The maximum Gasteiger partial charge on any atom is 0.278 e. The van der Waals surface area contributed by atoms with Crippen LogP contribution < -0.4 is 21.2 Å². The number of pyridine rings is 3. The first-order valence-corrected chi connectivity index (χ1v) is 11.4. The number of rotatable bonds is 5. The van der Waals surface area contributed by atoms with Crippen molar-refractivity contribution in [3.8, 4) is 0 Å². The lowest BCUT2D eigenvalue weighted by Crippen LogP contribution is -2.43. The van der Waals surface area contributed by atoms with E-state index < -0.39 is 5.91 Å². The molecule has 174 valence electrons. The second-order valence-corrected chi connectivity index (χ2v) is 8.61. The van der Waals surface area contributed by atoms with Gasteiger partial charge in [0.1, 0.15) is 10.9 Å². The molecule has 3 N–H and O–H groups in total. The fourth-order valence-corrected chi connectivity index (χ4v) is 4.24. The van der Waals surface area contributed by atoms with E-state index >= 15 is 0 Å². The number of nitrogen functional groups attached to an aromatic ring is 1. The summed E-state index contributed by atoms with van der Waals surface area (Å²) in [6, 6.07) is 16.2. The van der Waals surface area contributed by atoms with Crippen molar-refractivity contribution in [2.75, 3.05) is 5.73 Å². The number of nitrogens with two attached hydrogens (primary N) is 1. The van der Waals surface area contributed by atoms with Gasteiger partial charge in [-0.3, -0.25) is 19.0 Å². The summed E-state index contributed by atoms with van der Waals surface area (Å²) in [5.74, 6) is -0.221. The molecule has 0 aliphatic heterocycles. The first-order valence-electron chi connectivity index (χ1n) is 11.0. The minimum atomic E-state index is -0.419. The van der Waals surface area contributed by atoms with E-state index in [1.165, 1.54) is 10.5 Å². The highest BCUT2D eigenvalue weighted by molar-refractivity contribution is 6.31. The SMILES string of the molecule is Cc1cccn2c(=O)c3cc(C(=O)NCc4ccccc4Cl)c(N)[n+](Cc4cccnc4)c3nc12. The zero-order chi connectivity index (χ0) is 24.5. The monoisotopic (exact) mass is 485 g/mol. The summed E-state index contributed by atoms with van der Waals surface area (Å²) in [7, 11) is 0. The van der Waals surface area contributed by atoms with Crippen molar-refractivity contribution in [2.24, 2.45) is 0 Å². The van der Waals surface area contributed by atoms with Crippen molar-refractivity contribution in [1.82, 2.24) is 19.7 Å². The standard InChI is InChI=1S/C26H21ClN6O2/c1-16-6-5-11-32-23(16)31-24-20(26(32)35)12-19(22(28)33(24)15-17-7-4-10-29-13-17)25(34)30-14-18-8-2-3-9-21(18)27/h2-13,28H,14-15H2,1H3,(H,30,34)/p+1. The second-order valence-electron chi connectivity index (χ2n) is 8.20. The van der Waals surface area contributed by atoms with Crippen LogP contribution in [-0.2, 0) is 13.1 Å². The Hall–Kier alpha value is -4.30. The quantitative estimate of drug-likeness (QED) is 0.294. The van der Waals surface area contributed by atoms with E-state index in [0.29, 0.717) is 16.3 Å². The number of anilines is 1. The number of nitrogens with zero attached hydrogens (tertiary/aromatic N) is 4. The van der Waals surface area contributed by atoms with E-state index in [9.17, 15) is 9.59 Å². The minimum Gasteiger partial charge on any atom is -0.348 e. The number of nitrogens with one attached hydrogen (secondary N) is 1. The third-order valence-electron chi connectivity index (χ3n) is 5.88. The van der Waals surface area contributed by atoms with Crippen LogP contribution in [0.25, 0.3) is 16.7 Å². The van der Waals surface area contributed by atoms with Gasteiger partial charge in [-0.2, -0.15) is 0 Å². The summed E-state index contributed by atoms with van der Waals surface area (Å²) in [6.07, 6.45) is 5.05. The molecule has 0 saturated heterocycles. The second kappa shape index (κ2) is 9.15. The van der Waals surface area contributed by atoms with Gasteiger partial charge in [-0.05, 0) is 36.8 Å². The molecule has 0 aliphatic carbocycles. The Balaban J connectivity index is 1.68. The summed E-state index contributed by atoms with van der Waals surface area (Å²) < 4.78 is 3.16. The molecule has 0 spiro atoms. The van der Waals surface area contributed by atoms with Gasteiger partial charge in [-0.25, -0.2) is 4.57 Å². The third kappa shape index (κ3) is 4.20. The van der Waals surface area contributed by atoms with Crippen molar-refractivity contribution >= 4 is 40.0 Å². The summed E-state index contributed by atoms with van der Waals surface area (Å²) >= 11 is 6.23. The van der Waals surface area contributed by atoms with Crippen molar-refractivity contribution < 1.29 is 9.36 Å². The third-order valence-corrected chi connectivity index (χ3v) is 6.25. The topological polar surface area (TPSA) is 106 Å². The summed E-state index contributed by atoms with van der Waals surface area (Å²) in [5.41, 5.74) is 9.83. The van der Waals surface area contributed by atoms with E-state index in [-0.39, 0.29) is 35.4 Å². The molecule has 4 aromatic heterocycles. The molecule has 1 amide bonds. The molecule has 35 heavy (non-hydrogen) atoms. The van der Waals surface area contributed by atoms with Crippen LogP contribution in [-0.4, -0.2) is 20.3 Å². The number of hydrogen-bond acceptors (Lipinski definition) is 5. The molecular formula is C26H22ClN6O2+. The van der Waals surface area contributed by atoms with Crippen LogP contribution in [0.1, 0.15) is 27.0 Å². The molecule has 8 nitrogen and oxygen atoms in total. The van der Waals surface area contributed by atoms with Gasteiger partial charge in [0.05, 0.1) is 6.54 Å². The average Bonchev–Trinajstić information content (AvgIpc) is 2.86. The number of amides is 1. The highest BCUT2D eigenvalue weighted by Gasteiger charge is 2.25. The number of halogens is 1. The zero-order valence-electron chi connectivity index (χ0n) is 18.9. The zero-order valence-corrected chi connectivity index (χ0v) is 19.7. The van der Waals surface area contributed by atoms with Crippen molar-refractivity contribution in [2.45, 2.75) is 20.0 Å². The summed E-state index contributed by atoms with van der Waals surface area (Å²) in [6.45, 7) is 2.39. The van der Waals surface area contributed by atoms with Gasteiger partial charge in [0.2, 0.25) is 11.5 Å². The lowest BCUT2D eigenvalue weighted by Gasteiger charge is -2.13. The molecule has 4 heterocycles. The summed E-state index contributed by atoms with van der Waals surface area (Å²) in [4.78, 5) is 35.6. The van der Waals surface area contributed by atoms with Gasteiger partial charge in [0.15, 0.2) is 0 Å². The van der Waals surface area contributed by atoms with Crippen LogP contribution in [0, 0.1) is 6.92 Å². The number of aryl methyl sites for hydroxylation is 1. The van der Waals surface area contributed by atoms with E-state index in [2.05, 4.69) is 10.3 Å². The maximum atomic E-state index is 13.5. The van der Waals surface area contributed by atoms with Crippen molar-refractivity contribution in [3.63, 3.8) is 0 Å². The Morgan fingerprint density at radius 2 is 2.00 bits per heavy atom. The smallest absolute Gasteiger partial charge is 0.278 e. The molecule has 0 aliphatic rings. The van der Waals surface area contributed by atoms with E-state index in [4.69, 9.17) is 22.3 Å². The first-order chi connectivity index (χ1) is 16.9. The minimum absolute atomic E-state index is 0.181. The summed E-state index contributed by atoms with van der Waals surface area (Å²) in [5, 5.41) is 3.70. The Bertz CT molecular complexity index is 1650. The van der Waals surface area contributed by atoms with Crippen LogP contribution in [0.15, 0.2) is 78.0 Å². The lowest BCUT2D eigenvalue weighted by molar-refractivity contribution is -0.649. The molecule has 9 heteroatoms. The Morgan fingerprint density at radius 3 is 2.77 bits per heavy atom. The number of carbonyl (C=O) groups excluding carboxylic acids is 1. The predicted octanol–water partition coefficient (Wildman–Crippen LogP) is 3.05. The fourth-order valence-electron chi connectivity index (χ4n) is 4.04. The molecule has 0 radical (unpaired) electrons. The largest absolute Gasteiger partial charge is 0.348 e. The Kier molecular flexibility index (Phi) is 5.88. The molecule has 0 unspecified atom stereocenters. The Morgan fingerprint density at radius 1 is 1.17 bits per heavy atom. The molecule has 0 saturated carbocycles. The van der Waals surface area contributed by atoms with Crippen LogP contribution in [0.5, 0.6) is 0 Å². The van der Waals surface area contributed by atoms with Gasteiger partial charge in [0, 0.05) is 41.3 Å². The van der Waals surface area contributed by atoms with Crippen molar-refractivity contribution in [3.05, 3.63) is 111 Å². The van der Waals surface area contributed by atoms with Crippen LogP contribution >= 0.6 is 11.6 Å². The van der Waals surface area contributed by atoms with Crippen LogP contribution in [0.3, 0.4) is 0 Å². The van der Waals surface area contributed by atoms with Crippen LogP contribution in [0.2, 0.25) is 5.02 Å². The normalized spacial score (nSPS) is 11.1. The van der Waals surface area contributed by atoms with Crippen molar-refractivity contribution in [1.29, 1.82) is 0 Å². The average molecular weight is 486 g/mol. The number of fused-ring (bicyclic) bond motifs is 2. The molecule has 1 aromatic carbocycles. The van der Waals surface area contributed by atoms with E-state index in [1.807, 2.05) is 43.3 Å². The first kappa shape index (κ1) is 22.5. The van der Waals surface area contributed by atoms with Gasteiger partial charge in [0.25, 0.3) is 17.1 Å². The fraction of sp³-hybridized carbons (Fsp3) is 0.115.